The first-order chi connectivity index (χ1) is 8.87. The predicted molar refractivity (Wildman–Crippen MR) is 73.2 cm³/mol. The molecule has 0 aliphatic rings. The van der Waals surface area contributed by atoms with E-state index in [4.69, 9.17) is 5.11 Å². The fourth-order valence-corrected chi connectivity index (χ4v) is 2.80. The van der Waals surface area contributed by atoms with Gasteiger partial charge in [0.1, 0.15) is 0 Å². The lowest BCUT2D eigenvalue weighted by atomic mass is 10.2. The standard InChI is InChI=1S/C13H17NO4S/c1-3-10-14(2)19(17,18)12-7-4-11(5-8-12)6-9-13(15)16/h4-9H,3,10H2,1-2H3,(H,15,16)/b9-6+. The summed E-state index contributed by atoms with van der Waals surface area (Å²) >= 11 is 0. The Balaban J connectivity index is 2.95. The zero-order valence-corrected chi connectivity index (χ0v) is 11.7. The van der Waals surface area contributed by atoms with Crippen LogP contribution >= 0.6 is 0 Å². The van der Waals surface area contributed by atoms with E-state index in [1.54, 1.807) is 12.1 Å². The van der Waals surface area contributed by atoms with E-state index in [1.165, 1.54) is 29.6 Å². The van der Waals surface area contributed by atoms with Gasteiger partial charge in [-0.25, -0.2) is 17.5 Å². The molecule has 0 aromatic heterocycles. The van der Waals surface area contributed by atoms with Gasteiger partial charge in [-0.2, -0.15) is 0 Å². The molecule has 1 rings (SSSR count). The summed E-state index contributed by atoms with van der Waals surface area (Å²) in [4.78, 5) is 10.6. The van der Waals surface area contributed by atoms with Gasteiger partial charge in [0.15, 0.2) is 0 Å². The number of nitrogens with zero attached hydrogens (tertiary/aromatic N) is 1. The van der Waals surface area contributed by atoms with Crippen LogP contribution in [-0.2, 0) is 14.8 Å². The van der Waals surface area contributed by atoms with Crippen molar-refractivity contribution in [2.75, 3.05) is 13.6 Å². The number of rotatable bonds is 6. The Hall–Kier alpha value is -1.66. The molecule has 0 amide bonds. The van der Waals surface area contributed by atoms with Crippen LogP contribution < -0.4 is 0 Å². The molecule has 104 valence electrons. The Morgan fingerprint density at radius 1 is 1.32 bits per heavy atom. The summed E-state index contributed by atoms with van der Waals surface area (Å²) in [5, 5.41) is 8.50. The van der Waals surface area contributed by atoms with Crippen LogP contribution in [-0.4, -0.2) is 37.4 Å². The van der Waals surface area contributed by atoms with E-state index >= 15 is 0 Å². The van der Waals surface area contributed by atoms with Crippen LogP contribution in [0.5, 0.6) is 0 Å². The minimum atomic E-state index is -3.46. The van der Waals surface area contributed by atoms with Crippen LogP contribution in [0.25, 0.3) is 6.08 Å². The smallest absolute Gasteiger partial charge is 0.328 e. The van der Waals surface area contributed by atoms with Gasteiger partial charge >= 0.3 is 5.97 Å². The number of carbonyl (C=O) groups is 1. The molecule has 19 heavy (non-hydrogen) atoms. The molecule has 0 heterocycles. The van der Waals surface area contributed by atoms with Crippen molar-refractivity contribution in [2.24, 2.45) is 0 Å². The second-order valence-corrected chi connectivity index (χ2v) is 6.11. The van der Waals surface area contributed by atoms with E-state index in [0.29, 0.717) is 12.1 Å². The summed E-state index contributed by atoms with van der Waals surface area (Å²) < 4.78 is 25.5. The fraction of sp³-hybridized carbons (Fsp3) is 0.308. The molecule has 0 bridgehead atoms. The zero-order valence-electron chi connectivity index (χ0n) is 10.9. The van der Waals surface area contributed by atoms with E-state index in [9.17, 15) is 13.2 Å². The summed E-state index contributed by atoms with van der Waals surface area (Å²) in [5.74, 6) is -1.04. The maximum absolute atomic E-state index is 12.1. The minimum absolute atomic E-state index is 0.205. The Morgan fingerprint density at radius 3 is 2.37 bits per heavy atom. The van der Waals surface area contributed by atoms with Gasteiger partial charge < -0.3 is 5.11 Å². The highest BCUT2D eigenvalue weighted by Gasteiger charge is 2.19. The van der Waals surface area contributed by atoms with Crippen LogP contribution in [0.2, 0.25) is 0 Å². The molecule has 0 spiro atoms. The van der Waals surface area contributed by atoms with Crippen molar-refractivity contribution in [1.29, 1.82) is 0 Å². The van der Waals surface area contributed by atoms with E-state index in [1.807, 2.05) is 6.92 Å². The van der Waals surface area contributed by atoms with Gasteiger partial charge in [-0.15, -0.1) is 0 Å². The maximum Gasteiger partial charge on any atom is 0.328 e. The van der Waals surface area contributed by atoms with Gasteiger partial charge in [0.25, 0.3) is 0 Å². The van der Waals surface area contributed by atoms with Crippen molar-refractivity contribution in [3.05, 3.63) is 35.9 Å². The summed E-state index contributed by atoms with van der Waals surface area (Å²) in [6.07, 6.45) is 3.16. The van der Waals surface area contributed by atoms with Gasteiger partial charge in [0, 0.05) is 19.7 Å². The van der Waals surface area contributed by atoms with Crippen molar-refractivity contribution in [3.63, 3.8) is 0 Å². The molecule has 0 unspecified atom stereocenters. The average molecular weight is 283 g/mol. The Bertz CT molecular complexity index is 561. The zero-order chi connectivity index (χ0) is 14.5. The van der Waals surface area contributed by atoms with Crippen LogP contribution in [0.1, 0.15) is 18.9 Å². The number of carboxylic acid groups (broad SMARTS) is 1. The first-order valence-corrected chi connectivity index (χ1v) is 7.29. The molecule has 0 saturated carbocycles. The van der Waals surface area contributed by atoms with Crippen LogP contribution in [0.15, 0.2) is 35.2 Å². The Kier molecular flexibility index (Phi) is 5.26. The third-order valence-corrected chi connectivity index (χ3v) is 4.42. The Labute approximate surface area is 113 Å². The number of sulfonamides is 1. The second kappa shape index (κ2) is 6.49. The molecule has 0 fully saturated rings. The molecule has 6 heteroatoms. The molecule has 0 radical (unpaired) electrons. The predicted octanol–water partition coefficient (Wildman–Crippen LogP) is 1.81. The monoisotopic (exact) mass is 283 g/mol. The van der Waals surface area contributed by atoms with Crippen molar-refractivity contribution in [2.45, 2.75) is 18.2 Å². The number of carboxylic acids is 1. The highest BCUT2D eigenvalue weighted by molar-refractivity contribution is 7.89. The van der Waals surface area contributed by atoms with Gasteiger partial charge in [-0.05, 0) is 30.2 Å². The molecule has 1 aromatic rings. The highest BCUT2D eigenvalue weighted by atomic mass is 32.2. The van der Waals surface area contributed by atoms with Crippen LogP contribution in [0.4, 0.5) is 0 Å². The number of hydrogen-bond acceptors (Lipinski definition) is 3. The van der Waals surface area contributed by atoms with Crippen molar-refractivity contribution in [3.8, 4) is 0 Å². The molecule has 5 nitrogen and oxygen atoms in total. The topological polar surface area (TPSA) is 74.7 Å². The van der Waals surface area contributed by atoms with Gasteiger partial charge in [0.2, 0.25) is 10.0 Å². The van der Waals surface area contributed by atoms with E-state index in [2.05, 4.69) is 0 Å². The van der Waals surface area contributed by atoms with Crippen LogP contribution in [0, 0.1) is 0 Å². The summed E-state index contributed by atoms with van der Waals surface area (Å²) in [7, 11) is -1.92. The van der Waals surface area contributed by atoms with Crippen molar-refractivity contribution >= 4 is 22.1 Å². The number of hydrogen-bond donors (Lipinski definition) is 1. The summed E-state index contributed by atoms with van der Waals surface area (Å²) in [6.45, 7) is 2.37. The van der Waals surface area contributed by atoms with Gasteiger partial charge in [-0.1, -0.05) is 19.1 Å². The van der Waals surface area contributed by atoms with Crippen molar-refractivity contribution in [1.82, 2.24) is 4.31 Å². The largest absolute Gasteiger partial charge is 0.478 e. The van der Waals surface area contributed by atoms with Crippen LogP contribution in [0.3, 0.4) is 0 Å². The van der Waals surface area contributed by atoms with Crippen molar-refractivity contribution < 1.29 is 18.3 Å². The lowest BCUT2D eigenvalue weighted by Crippen LogP contribution is -2.27. The molecule has 0 aliphatic carbocycles. The number of benzene rings is 1. The summed E-state index contributed by atoms with van der Waals surface area (Å²) in [5.41, 5.74) is 0.638. The minimum Gasteiger partial charge on any atom is -0.478 e. The van der Waals surface area contributed by atoms with E-state index in [0.717, 1.165) is 12.5 Å². The van der Waals surface area contributed by atoms with Gasteiger partial charge in [0.05, 0.1) is 4.90 Å². The summed E-state index contributed by atoms with van der Waals surface area (Å²) in [6, 6.07) is 6.10. The third kappa shape index (κ3) is 4.18. The molecule has 0 aliphatic heterocycles. The number of aliphatic carboxylic acids is 1. The normalized spacial score (nSPS) is 12.2. The third-order valence-electron chi connectivity index (χ3n) is 2.55. The average Bonchev–Trinajstić information content (AvgIpc) is 2.37. The molecule has 0 atom stereocenters. The molecule has 0 saturated heterocycles. The molecular weight excluding hydrogens is 266 g/mol. The second-order valence-electron chi connectivity index (χ2n) is 4.07. The lowest BCUT2D eigenvalue weighted by Gasteiger charge is -2.16. The molecule has 1 N–H and O–H groups in total. The van der Waals surface area contributed by atoms with E-state index in [-0.39, 0.29) is 4.90 Å². The molecule has 1 aromatic carbocycles. The fourth-order valence-electron chi connectivity index (χ4n) is 1.53. The lowest BCUT2D eigenvalue weighted by molar-refractivity contribution is -0.131. The highest BCUT2D eigenvalue weighted by Crippen LogP contribution is 2.16. The SMILES string of the molecule is CCCN(C)S(=O)(=O)c1ccc(/C=C/C(=O)O)cc1. The van der Waals surface area contributed by atoms with Gasteiger partial charge in [-0.3, -0.25) is 0 Å². The van der Waals surface area contributed by atoms with E-state index < -0.39 is 16.0 Å². The quantitative estimate of drug-likeness (QED) is 0.808. The Morgan fingerprint density at radius 2 is 1.89 bits per heavy atom. The molecular formula is C13H17NO4S. The first-order valence-electron chi connectivity index (χ1n) is 5.85. The first kappa shape index (κ1) is 15.4. The maximum atomic E-state index is 12.1.